The number of pyridine rings is 2. The lowest BCUT2D eigenvalue weighted by Gasteiger charge is -2.33. The minimum absolute atomic E-state index is 0.0116. The molecule has 6 aromatic rings. The van der Waals surface area contributed by atoms with E-state index in [9.17, 15) is 39.3 Å². The Balaban J connectivity index is 0.828. The number of rotatable bonds is 12. The zero-order chi connectivity index (χ0) is 49.8. The third kappa shape index (κ3) is 8.32. The number of piperidine rings is 1. The van der Waals surface area contributed by atoms with E-state index < -0.39 is 23.6 Å². The van der Waals surface area contributed by atoms with Gasteiger partial charge in [0.1, 0.15) is 42.3 Å². The fourth-order valence-corrected chi connectivity index (χ4v) is 9.57. The average molecular weight is 955 g/mol. The van der Waals surface area contributed by atoms with Gasteiger partial charge in [-0.3, -0.25) is 19.0 Å². The highest BCUT2D eigenvalue weighted by Gasteiger charge is 2.45. The maximum atomic E-state index is 13.7. The first-order valence-electron chi connectivity index (χ1n) is 23.4. The predicted molar refractivity (Wildman–Crippen MR) is 255 cm³/mol. The number of nitrogens with zero attached hydrogens (tertiary/aromatic N) is 7. The number of nitrogens with one attached hydrogen (secondary N) is 1. The van der Waals surface area contributed by atoms with Gasteiger partial charge in [0.25, 0.3) is 11.5 Å². The highest BCUT2D eigenvalue weighted by molar-refractivity contribution is 5.93. The molecule has 3 aliphatic heterocycles. The quantitative estimate of drug-likeness (QED) is 0.108. The number of hydrogen-bond acceptors (Lipinski definition) is 14. The van der Waals surface area contributed by atoms with Crippen LogP contribution < -0.4 is 20.3 Å². The topological polar surface area (TPSA) is 241 Å². The van der Waals surface area contributed by atoms with Gasteiger partial charge in [-0.1, -0.05) is 27.7 Å². The Morgan fingerprint density at radius 3 is 2.36 bits per heavy atom. The van der Waals surface area contributed by atoms with Gasteiger partial charge >= 0.3 is 12.1 Å². The lowest BCUT2D eigenvalue weighted by molar-refractivity contribution is -0.172. The number of likely N-dealkylation sites (tertiary alicyclic amines) is 1. The first-order chi connectivity index (χ1) is 33.5. The van der Waals surface area contributed by atoms with E-state index in [1.807, 2.05) is 20.8 Å². The molecule has 3 aromatic carbocycles. The number of aromatic nitrogens is 5. The molecule has 3 amide bonds. The van der Waals surface area contributed by atoms with Crippen molar-refractivity contribution < 1.29 is 48.7 Å². The number of carbonyl (C=O) groups is 4. The van der Waals surface area contributed by atoms with Gasteiger partial charge in [-0.2, -0.15) is 0 Å². The molecule has 3 aromatic heterocycles. The molecule has 0 bridgehead atoms. The molecular weight excluding hydrogens is 901 g/mol. The van der Waals surface area contributed by atoms with E-state index >= 15 is 0 Å². The van der Waals surface area contributed by atoms with E-state index in [0.717, 1.165) is 16.5 Å². The predicted octanol–water partition coefficient (Wildman–Crippen LogP) is 5.67. The number of aliphatic hydroxyl groups is 1. The van der Waals surface area contributed by atoms with E-state index in [0.29, 0.717) is 78.4 Å². The first-order valence-corrected chi connectivity index (χ1v) is 23.4. The summed E-state index contributed by atoms with van der Waals surface area (Å²) in [5.74, 6) is -0.772. The van der Waals surface area contributed by atoms with E-state index in [1.54, 1.807) is 82.5 Å². The minimum atomic E-state index is -1.94. The number of aromatic hydroxyl groups is 2. The molecule has 0 saturated carbocycles. The maximum absolute atomic E-state index is 13.7. The van der Waals surface area contributed by atoms with Crippen LogP contribution in [-0.2, 0) is 39.5 Å². The normalized spacial score (nSPS) is 16.4. The third-order valence-electron chi connectivity index (χ3n) is 13.4. The summed E-state index contributed by atoms with van der Waals surface area (Å²) in [6.45, 7) is 10.2. The Bertz CT molecular complexity index is 3160. The standard InChI is InChI=1S/C51H54N8O11/c1-7-32-34-20-31(14-15-39(34)53-44-36(32)24-58-40(44)22-38-37(48(58)64)26-68-49(65)51(38,67)8-2)70-50(66)56(6)25-43(62)57-18-16-30(17-19-57)69-29-12-10-28(11-13-29)59-45(54-55-46(59)47(63)52-9-3)35-21-33(27(4)5)41(60)23-42(35)61/h10-15,20-23,27,30,60-61,67H,7-9,16-19,24-26H2,1-6H3,(H,52,63)/t51-/m0/s1. The summed E-state index contributed by atoms with van der Waals surface area (Å²) < 4.78 is 20.4. The van der Waals surface area contributed by atoms with Crippen LogP contribution in [0.15, 0.2) is 65.5 Å². The van der Waals surface area contributed by atoms with Crippen molar-refractivity contribution in [3.05, 3.63) is 105 Å². The van der Waals surface area contributed by atoms with Gasteiger partial charge in [-0.25, -0.2) is 14.6 Å². The molecule has 70 heavy (non-hydrogen) atoms. The van der Waals surface area contributed by atoms with E-state index in [4.69, 9.17) is 19.2 Å². The van der Waals surface area contributed by atoms with Gasteiger partial charge in [-0.05, 0) is 91.4 Å². The summed E-state index contributed by atoms with van der Waals surface area (Å²) in [6.07, 6.45) is 0.784. The second-order valence-corrected chi connectivity index (χ2v) is 18.1. The van der Waals surface area contributed by atoms with Gasteiger partial charge in [-0.15, -0.1) is 10.2 Å². The fraction of sp³-hybridized carbons (Fsp3) is 0.373. The molecule has 1 saturated heterocycles. The molecule has 364 valence electrons. The highest BCUT2D eigenvalue weighted by atomic mass is 16.6. The SMILES string of the molecule is CCNC(=O)c1nnc(-c2cc(C(C)C)c(O)cc2O)n1-c1ccc(OC2CCN(C(=O)CN(C)C(=O)Oc3ccc4nc5c(c(CC)c4c3)Cn3c-5cc4c(c3=O)COC(=O)[C@]4(O)CC)CC2)cc1. The first kappa shape index (κ1) is 47.3. The molecule has 0 spiro atoms. The van der Waals surface area contributed by atoms with Crippen molar-refractivity contribution in [1.82, 2.24) is 39.4 Å². The van der Waals surface area contributed by atoms with Gasteiger partial charge < -0.3 is 49.2 Å². The summed E-state index contributed by atoms with van der Waals surface area (Å²) in [6, 6.07) is 16.7. The number of phenols is 2. The molecule has 19 heteroatoms. The number of fused-ring (bicyclic) bond motifs is 5. The van der Waals surface area contributed by atoms with Gasteiger partial charge in [0.05, 0.1) is 34.6 Å². The van der Waals surface area contributed by atoms with Crippen molar-refractivity contribution in [2.24, 2.45) is 0 Å². The van der Waals surface area contributed by atoms with Crippen molar-refractivity contribution in [2.75, 3.05) is 33.2 Å². The second kappa shape index (κ2) is 18.6. The molecule has 6 heterocycles. The number of likely N-dealkylation sites (N-methyl/N-ethyl adjacent to an activating group) is 1. The number of benzene rings is 3. The van der Waals surface area contributed by atoms with Crippen LogP contribution in [0.4, 0.5) is 4.79 Å². The summed E-state index contributed by atoms with van der Waals surface area (Å²) in [7, 11) is 1.50. The number of esters is 1. The summed E-state index contributed by atoms with van der Waals surface area (Å²) in [5, 5.41) is 44.5. The zero-order valence-corrected chi connectivity index (χ0v) is 39.7. The van der Waals surface area contributed by atoms with Crippen LogP contribution in [0.2, 0.25) is 0 Å². The van der Waals surface area contributed by atoms with Crippen molar-refractivity contribution >= 4 is 34.8 Å². The third-order valence-corrected chi connectivity index (χ3v) is 13.4. The van der Waals surface area contributed by atoms with Crippen molar-refractivity contribution in [1.29, 1.82) is 0 Å². The smallest absolute Gasteiger partial charge is 0.415 e. The lowest BCUT2D eigenvalue weighted by atomic mass is 9.86. The number of carbonyl (C=O) groups excluding carboxylic acids is 4. The lowest BCUT2D eigenvalue weighted by Crippen LogP contribution is -2.46. The Labute approximate surface area is 402 Å². The number of phenolic OH excluding ortho intramolecular Hbond substituents is 2. The summed E-state index contributed by atoms with van der Waals surface area (Å²) in [5.41, 5.74) is 3.05. The van der Waals surface area contributed by atoms with Crippen LogP contribution in [0.25, 0.3) is 39.4 Å². The largest absolute Gasteiger partial charge is 0.508 e. The molecular formula is C51H54N8O11. The van der Waals surface area contributed by atoms with E-state index in [1.165, 1.54) is 18.0 Å². The minimum Gasteiger partial charge on any atom is -0.508 e. The molecule has 0 radical (unpaired) electrons. The molecule has 1 atom stereocenters. The highest BCUT2D eigenvalue weighted by Crippen LogP contribution is 2.42. The van der Waals surface area contributed by atoms with Crippen LogP contribution in [0.5, 0.6) is 23.0 Å². The van der Waals surface area contributed by atoms with Gasteiger partial charge in [0.15, 0.2) is 11.4 Å². The number of hydrogen-bond donors (Lipinski definition) is 4. The molecule has 0 unspecified atom stereocenters. The van der Waals surface area contributed by atoms with E-state index in [2.05, 4.69) is 15.5 Å². The van der Waals surface area contributed by atoms with Crippen molar-refractivity contribution in [2.45, 2.75) is 91.1 Å². The van der Waals surface area contributed by atoms with Gasteiger partial charge in [0.2, 0.25) is 11.7 Å². The monoisotopic (exact) mass is 954 g/mol. The van der Waals surface area contributed by atoms with Crippen molar-refractivity contribution in [3.8, 4) is 51.5 Å². The van der Waals surface area contributed by atoms with Crippen LogP contribution in [0.1, 0.15) is 98.2 Å². The number of ether oxygens (including phenoxy) is 3. The molecule has 4 N–H and O–H groups in total. The van der Waals surface area contributed by atoms with Crippen LogP contribution >= 0.6 is 0 Å². The molecule has 9 rings (SSSR count). The van der Waals surface area contributed by atoms with Crippen molar-refractivity contribution in [3.63, 3.8) is 0 Å². The number of amides is 3. The maximum Gasteiger partial charge on any atom is 0.415 e. The Morgan fingerprint density at radius 1 is 0.943 bits per heavy atom. The average Bonchev–Trinajstić information content (AvgIpc) is 3.95. The number of aryl methyl sites for hydroxylation is 1. The van der Waals surface area contributed by atoms with Crippen LogP contribution in [-0.4, -0.2) is 113 Å². The Hall–Kier alpha value is -7.80. The Morgan fingerprint density at radius 2 is 1.67 bits per heavy atom. The van der Waals surface area contributed by atoms with Gasteiger partial charge in [0, 0.05) is 67.8 Å². The van der Waals surface area contributed by atoms with Crippen LogP contribution in [0, 0.1) is 0 Å². The Kier molecular flexibility index (Phi) is 12.6. The van der Waals surface area contributed by atoms with Crippen LogP contribution in [0.3, 0.4) is 0 Å². The summed E-state index contributed by atoms with van der Waals surface area (Å²) in [4.78, 5) is 74.1. The fourth-order valence-electron chi connectivity index (χ4n) is 9.57. The summed E-state index contributed by atoms with van der Waals surface area (Å²) >= 11 is 0. The van der Waals surface area contributed by atoms with E-state index in [-0.39, 0.29) is 89.6 Å². The zero-order valence-electron chi connectivity index (χ0n) is 39.7. The molecule has 1 fully saturated rings. The molecule has 19 nitrogen and oxygen atoms in total. The number of cyclic esters (lactones) is 1. The molecule has 3 aliphatic rings. The second-order valence-electron chi connectivity index (χ2n) is 18.1. The molecule has 0 aliphatic carbocycles.